The predicted molar refractivity (Wildman–Crippen MR) is 80.5 cm³/mol. The van der Waals surface area contributed by atoms with Gasteiger partial charge in [0.2, 0.25) is 0 Å². The third kappa shape index (κ3) is 3.14. The maximum Gasteiger partial charge on any atom is 0.122 e. The summed E-state index contributed by atoms with van der Waals surface area (Å²) in [6.45, 7) is 0.770. The number of nitrogens with one attached hydrogen (secondary N) is 1. The smallest absolute Gasteiger partial charge is 0.122 e. The first-order valence-corrected chi connectivity index (χ1v) is 6.59. The van der Waals surface area contributed by atoms with Crippen LogP contribution in [-0.4, -0.2) is 22.7 Å². The normalized spacial score (nSPS) is 10.5. The lowest BCUT2D eigenvalue weighted by molar-refractivity contribution is 0.766. The summed E-state index contributed by atoms with van der Waals surface area (Å²) in [7, 11) is 3.92. The van der Waals surface area contributed by atoms with E-state index in [-0.39, 0.29) is 5.84 Å². The monoisotopic (exact) mass is 321 g/mol. The van der Waals surface area contributed by atoms with Crippen molar-refractivity contribution < 1.29 is 0 Å². The van der Waals surface area contributed by atoms with E-state index in [4.69, 9.17) is 11.1 Å². The molecule has 0 amide bonds. The molecule has 0 bridgehead atoms. The molecular weight excluding hydrogens is 306 g/mol. The molecule has 0 atom stereocenters. The van der Waals surface area contributed by atoms with Gasteiger partial charge in [-0.3, -0.25) is 10.1 Å². The minimum atomic E-state index is 0.0714. The highest BCUT2D eigenvalue weighted by Gasteiger charge is 2.09. The van der Waals surface area contributed by atoms with Gasteiger partial charge >= 0.3 is 0 Å². The molecule has 1 aromatic carbocycles. The molecule has 3 N–H and O–H groups in total. The van der Waals surface area contributed by atoms with E-state index < -0.39 is 0 Å². The zero-order valence-corrected chi connectivity index (χ0v) is 12.5. The van der Waals surface area contributed by atoms with Crippen LogP contribution in [0.1, 0.15) is 11.1 Å². The van der Waals surface area contributed by atoms with Crippen molar-refractivity contribution in [3.8, 4) is 0 Å². The maximum absolute atomic E-state index is 7.42. The molecule has 0 aliphatic heterocycles. The SMILES string of the molecule is CN(Cc1cnn(C)c1)c1ccc(C(=N)N)cc1Br. The van der Waals surface area contributed by atoms with Crippen molar-refractivity contribution in [2.45, 2.75) is 6.54 Å². The molecule has 0 saturated heterocycles. The quantitative estimate of drug-likeness (QED) is 0.669. The standard InChI is InChI=1S/C13H16BrN5/c1-18(7-9-6-17-19(2)8-9)12-4-3-10(13(15)16)5-11(12)14/h3-6,8H,7H2,1-2H3,(H3,15,16). The summed E-state index contributed by atoms with van der Waals surface area (Å²) in [5.41, 5.74) is 8.38. The van der Waals surface area contributed by atoms with Gasteiger partial charge in [-0.05, 0) is 34.1 Å². The number of nitrogens with zero attached hydrogens (tertiary/aromatic N) is 3. The number of hydrogen-bond donors (Lipinski definition) is 2. The second kappa shape index (κ2) is 5.44. The minimum absolute atomic E-state index is 0.0714. The highest BCUT2D eigenvalue weighted by atomic mass is 79.9. The highest BCUT2D eigenvalue weighted by Crippen LogP contribution is 2.27. The Bertz CT molecular complexity index is 605. The van der Waals surface area contributed by atoms with Crippen LogP contribution in [0.2, 0.25) is 0 Å². The van der Waals surface area contributed by atoms with Gasteiger partial charge in [-0.15, -0.1) is 0 Å². The van der Waals surface area contributed by atoms with Gasteiger partial charge in [-0.1, -0.05) is 0 Å². The fourth-order valence-corrected chi connectivity index (χ4v) is 2.58. The second-order valence-electron chi connectivity index (χ2n) is 4.46. The van der Waals surface area contributed by atoms with Crippen molar-refractivity contribution in [2.75, 3.05) is 11.9 Å². The average molecular weight is 322 g/mol. The van der Waals surface area contributed by atoms with E-state index in [1.54, 1.807) is 4.68 Å². The highest BCUT2D eigenvalue weighted by molar-refractivity contribution is 9.10. The number of aryl methyl sites for hydroxylation is 1. The molecule has 0 spiro atoms. The Morgan fingerprint density at radius 2 is 2.26 bits per heavy atom. The summed E-state index contributed by atoms with van der Waals surface area (Å²) in [4.78, 5) is 2.12. The van der Waals surface area contributed by atoms with Crippen LogP contribution < -0.4 is 10.6 Å². The zero-order valence-electron chi connectivity index (χ0n) is 10.9. The molecule has 0 unspecified atom stereocenters. The number of amidine groups is 1. The molecule has 0 saturated carbocycles. The van der Waals surface area contributed by atoms with Crippen LogP contribution >= 0.6 is 15.9 Å². The van der Waals surface area contributed by atoms with E-state index >= 15 is 0 Å². The summed E-state index contributed by atoms with van der Waals surface area (Å²) < 4.78 is 2.71. The first kappa shape index (κ1) is 13.6. The molecule has 1 aromatic heterocycles. The van der Waals surface area contributed by atoms with Gasteiger partial charge in [0.25, 0.3) is 0 Å². The summed E-state index contributed by atoms with van der Waals surface area (Å²) in [6.07, 6.45) is 3.85. The molecule has 5 nitrogen and oxygen atoms in total. The fraction of sp³-hybridized carbons (Fsp3) is 0.231. The molecule has 1 heterocycles. The number of benzene rings is 1. The van der Waals surface area contributed by atoms with Crippen molar-refractivity contribution >= 4 is 27.5 Å². The Kier molecular flexibility index (Phi) is 3.90. The van der Waals surface area contributed by atoms with Crippen molar-refractivity contribution in [3.63, 3.8) is 0 Å². The van der Waals surface area contributed by atoms with E-state index in [2.05, 4.69) is 25.9 Å². The number of rotatable bonds is 4. The number of aromatic nitrogens is 2. The molecule has 6 heteroatoms. The molecule has 0 aliphatic carbocycles. The topological polar surface area (TPSA) is 70.9 Å². The van der Waals surface area contributed by atoms with Crippen LogP contribution in [0.25, 0.3) is 0 Å². The molecule has 0 aliphatic rings. The Hall–Kier alpha value is -1.82. The van der Waals surface area contributed by atoms with Crippen LogP contribution in [0, 0.1) is 5.41 Å². The number of halogens is 1. The van der Waals surface area contributed by atoms with Gasteiger partial charge in [0.15, 0.2) is 0 Å². The Morgan fingerprint density at radius 3 is 2.79 bits per heavy atom. The van der Waals surface area contributed by atoms with Crippen LogP contribution in [0.3, 0.4) is 0 Å². The average Bonchev–Trinajstić information content (AvgIpc) is 2.74. The number of hydrogen-bond acceptors (Lipinski definition) is 3. The Morgan fingerprint density at radius 1 is 1.53 bits per heavy atom. The molecule has 0 fully saturated rings. The second-order valence-corrected chi connectivity index (χ2v) is 5.31. The van der Waals surface area contributed by atoms with Crippen molar-refractivity contribution in [3.05, 3.63) is 46.2 Å². The molecule has 2 aromatic rings. The molecule has 0 radical (unpaired) electrons. The third-order valence-corrected chi connectivity index (χ3v) is 3.48. The van der Waals surface area contributed by atoms with Gasteiger partial charge < -0.3 is 10.6 Å². The molecule has 19 heavy (non-hydrogen) atoms. The van der Waals surface area contributed by atoms with Crippen molar-refractivity contribution in [2.24, 2.45) is 12.8 Å². The third-order valence-electron chi connectivity index (χ3n) is 2.85. The summed E-state index contributed by atoms with van der Waals surface area (Å²) in [6, 6.07) is 5.66. The van der Waals surface area contributed by atoms with Crippen LogP contribution in [-0.2, 0) is 13.6 Å². The largest absolute Gasteiger partial charge is 0.384 e. The van der Waals surface area contributed by atoms with Crippen LogP contribution in [0.5, 0.6) is 0 Å². The fourth-order valence-electron chi connectivity index (χ4n) is 1.90. The van der Waals surface area contributed by atoms with Crippen LogP contribution in [0.15, 0.2) is 35.1 Å². The van der Waals surface area contributed by atoms with Crippen molar-refractivity contribution in [1.29, 1.82) is 5.41 Å². The van der Waals surface area contributed by atoms with E-state index in [0.717, 1.165) is 22.3 Å². The number of nitrogens with two attached hydrogens (primary N) is 1. The summed E-state index contributed by atoms with van der Waals surface area (Å²) in [5.74, 6) is 0.0714. The Balaban J connectivity index is 2.19. The summed E-state index contributed by atoms with van der Waals surface area (Å²) in [5, 5.41) is 11.6. The van der Waals surface area contributed by atoms with Crippen molar-refractivity contribution in [1.82, 2.24) is 9.78 Å². The lowest BCUT2D eigenvalue weighted by Crippen LogP contribution is -2.17. The maximum atomic E-state index is 7.42. The van der Waals surface area contributed by atoms with Gasteiger partial charge in [0, 0.05) is 42.4 Å². The molecule has 100 valence electrons. The van der Waals surface area contributed by atoms with Gasteiger partial charge in [-0.25, -0.2) is 0 Å². The minimum Gasteiger partial charge on any atom is -0.384 e. The predicted octanol–water partition coefficient (Wildman–Crippen LogP) is 2.10. The van der Waals surface area contributed by atoms with Crippen LogP contribution in [0.4, 0.5) is 5.69 Å². The summed E-state index contributed by atoms with van der Waals surface area (Å²) >= 11 is 3.52. The van der Waals surface area contributed by atoms with E-state index in [1.807, 2.05) is 44.7 Å². The van der Waals surface area contributed by atoms with Gasteiger partial charge in [0.1, 0.15) is 5.84 Å². The Labute approximate surface area is 120 Å². The van der Waals surface area contributed by atoms with E-state index in [1.165, 1.54) is 0 Å². The lowest BCUT2D eigenvalue weighted by Gasteiger charge is -2.20. The first-order chi connectivity index (χ1) is 8.97. The van der Waals surface area contributed by atoms with Gasteiger partial charge in [0.05, 0.1) is 11.9 Å². The number of nitrogen functional groups attached to an aromatic ring is 1. The molecule has 2 rings (SSSR count). The number of anilines is 1. The molecular formula is C13H16BrN5. The van der Waals surface area contributed by atoms with E-state index in [9.17, 15) is 0 Å². The first-order valence-electron chi connectivity index (χ1n) is 5.80. The van der Waals surface area contributed by atoms with E-state index in [0.29, 0.717) is 5.56 Å². The zero-order chi connectivity index (χ0) is 14.0. The lowest BCUT2D eigenvalue weighted by atomic mass is 10.2. The van der Waals surface area contributed by atoms with Gasteiger partial charge in [-0.2, -0.15) is 5.10 Å².